The molecular weight excluding hydrogens is 396 g/mol. The van der Waals surface area contributed by atoms with Crippen molar-refractivity contribution < 1.29 is 9.15 Å². The van der Waals surface area contributed by atoms with Gasteiger partial charge in [0.1, 0.15) is 12.4 Å². The zero-order chi connectivity index (χ0) is 19.3. The molecule has 0 bridgehead atoms. The number of piperazine rings is 1. The summed E-state index contributed by atoms with van der Waals surface area (Å²) in [4.78, 5) is 5.82. The maximum Gasteiger partial charge on any atom is 0.257 e. The summed E-state index contributed by atoms with van der Waals surface area (Å²) < 4.78 is 11.7. The molecule has 1 atom stereocenters. The second kappa shape index (κ2) is 9.05. The third-order valence-electron chi connectivity index (χ3n) is 4.97. The van der Waals surface area contributed by atoms with E-state index >= 15 is 0 Å². The Bertz CT molecular complexity index is 861. The van der Waals surface area contributed by atoms with Gasteiger partial charge in [0.15, 0.2) is 0 Å². The number of halogens is 1. The number of ether oxygens (including phenoxy) is 1. The van der Waals surface area contributed by atoms with Gasteiger partial charge in [0.25, 0.3) is 5.89 Å². The molecule has 1 aliphatic rings. The Hall–Kier alpha value is -1.93. The van der Waals surface area contributed by atoms with Gasteiger partial charge in [-0.05, 0) is 42.6 Å². The zero-order valence-corrected chi connectivity index (χ0v) is 17.3. The third kappa shape index (κ3) is 4.72. The monoisotopic (exact) mass is 418 g/mol. The Labute approximate surface area is 173 Å². The Morgan fingerprint density at radius 3 is 2.64 bits per heavy atom. The van der Waals surface area contributed by atoms with E-state index in [1.54, 1.807) is 11.3 Å². The van der Waals surface area contributed by atoms with Gasteiger partial charge in [0.2, 0.25) is 5.89 Å². The number of rotatable bonds is 7. The predicted molar refractivity (Wildman–Crippen MR) is 111 cm³/mol. The first-order valence-corrected chi connectivity index (χ1v) is 10.7. The van der Waals surface area contributed by atoms with E-state index in [0.717, 1.165) is 48.4 Å². The summed E-state index contributed by atoms with van der Waals surface area (Å²) in [5.41, 5.74) is 0. The van der Waals surface area contributed by atoms with Crippen molar-refractivity contribution in [1.29, 1.82) is 0 Å². The van der Waals surface area contributed by atoms with Crippen molar-refractivity contribution in [2.75, 3.05) is 39.3 Å². The molecule has 0 amide bonds. The highest BCUT2D eigenvalue weighted by molar-refractivity contribution is 7.13. The Balaban J connectivity index is 1.23. The van der Waals surface area contributed by atoms with E-state index in [-0.39, 0.29) is 6.04 Å². The van der Waals surface area contributed by atoms with E-state index in [2.05, 4.69) is 26.9 Å². The number of benzene rings is 1. The molecular formula is C20H23ClN4O2S. The fourth-order valence-electron chi connectivity index (χ4n) is 3.26. The average molecular weight is 419 g/mol. The number of hydrogen-bond donors (Lipinski definition) is 0. The van der Waals surface area contributed by atoms with Crippen LogP contribution in [-0.4, -0.2) is 59.3 Å². The van der Waals surface area contributed by atoms with Gasteiger partial charge in [-0.3, -0.25) is 9.80 Å². The Kier molecular flexibility index (Phi) is 6.26. The molecule has 2 aromatic heterocycles. The molecule has 0 saturated carbocycles. The number of thiophene rings is 1. The topological polar surface area (TPSA) is 54.6 Å². The highest BCUT2D eigenvalue weighted by Gasteiger charge is 2.25. The SMILES string of the molecule is CC(c1nnc(-c2cccs2)o1)N1CCN(CCOc2ccc(Cl)cc2)CC1. The van der Waals surface area contributed by atoms with Crippen molar-refractivity contribution in [3.8, 4) is 16.5 Å². The zero-order valence-electron chi connectivity index (χ0n) is 15.8. The molecule has 0 N–H and O–H groups in total. The van der Waals surface area contributed by atoms with Crippen molar-refractivity contribution in [1.82, 2.24) is 20.0 Å². The molecule has 1 unspecified atom stereocenters. The molecule has 8 heteroatoms. The smallest absolute Gasteiger partial charge is 0.257 e. The van der Waals surface area contributed by atoms with Gasteiger partial charge in [0, 0.05) is 37.7 Å². The van der Waals surface area contributed by atoms with Crippen molar-refractivity contribution in [2.45, 2.75) is 13.0 Å². The maximum absolute atomic E-state index is 5.90. The lowest BCUT2D eigenvalue weighted by Gasteiger charge is -2.36. The molecule has 28 heavy (non-hydrogen) atoms. The lowest BCUT2D eigenvalue weighted by atomic mass is 10.2. The normalized spacial score (nSPS) is 16.9. The van der Waals surface area contributed by atoms with Crippen LogP contribution in [0, 0.1) is 0 Å². The van der Waals surface area contributed by atoms with E-state index in [0.29, 0.717) is 18.4 Å². The first-order valence-electron chi connectivity index (χ1n) is 9.41. The van der Waals surface area contributed by atoms with Crippen LogP contribution in [0.5, 0.6) is 5.75 Å². The molecule has 1 fully saturated rings. The molecule has 3 heterocycles. The van der Waals surface area contributed by atoms with Crippen LogP contribution in [-0.2, 0) is 0 Å². The second-order valence-electron chi connectivity index (χ2n) is 6.78. The van der Waals surface area contributed by atoms with Crippen LogP contribution in [0.3, 0.4) is 0 Å². The quantitative estimate of drug-likeness (QED) is 0.573. The number of hydrogen-bond acceptors (Lipinski definition) is 7. The molecule has 6 nitrogen and oxygen atoms in total. The predicted octanol–water partition coefficient (Wildman–Crippen LogP) is 4.21. The summed E-state index contributed by atoms with van der Waals surface area (Å²) in [6.45, 7) is 7.65. The molecule has 1 aliphatic heterocycles. The fraction of sp³-hybridized carbons (Fsp3) is 0.400. The summed E-state index contributed by atoms with van der Waals surface area (Å²) in [6, 6.07) is 11.6. The third-order valence-corrected chi connectivity index (χ3v) is 6.08. The van der Waals surface area contributed by atoms with Gasteiger partial charge in [-0.2, -0.15) is 0 Å². The minimum atomic E-state index is 0.119. The van der Waals surface area contributed by atoms with E-state index in [1.165, 1.54) is 0 Å². The minimum absolute atomic E-state index is 0.119. The molecule has 4 rings (SSSR count). The molecule has 1 aromatic carbocycles. The van der Waals surface area contributed by atoms with Crippen LogP contribution in [0.1, 0.15) is 18.9 Å². The highest BCUT2D eigenvalue weighted by Crippen LogP contribution is 2.27. The second-order valence-corrected chi connectivity index (χ2v) is 8.16. The van der Waals surface area contributed by atoms with Crippen LogP contribution in [0.4, 0.5) is 0 Å². The summed E-state index contributed by atoms with van der Waals surface area (Å²) in [5, 5.41) is 11.2. The average Bonchev–Trinajstić information content (AvgIpc) is 3.41. The number of aromatic nitrogens is 2. The van der Waals surface area contributed by atoms with Gasteiger partial charge >= 0.3 is 0 Å². The summed E-state index contributed by atoms with van der Waals surface area (Å²) in [7, 11) is 0. The molecule has 1 saturated heterocycles. The molecule has 0 aliphatic carbocycles. The summed E-state index contributed by atoms with van der Waals surface area (Å²) in [5.74, 6) is 2.15. The van der Waals surface area contributed by atoms with Crippen LogP contribution in [0.25, 0.3) is 10.8 Å². The van der Waals surface area contributed by atoms with E-state index in [9.17, 15) is 0 Å². The van der Waals surface area contributed by atoms with Gasteiger partial charge < -0.3 is 9.15 Å². The fourth-order valence-corrected chi connectivity index (χ4v) is 4.03. The molecule has 0 radical (unpaired) electrons. The van der Waals surface area contributed by atoms with Gasteiger partial charge in [0.05, 0.1) is 10.9 Å². The summed E-state index contributed by atoms with van der Waals surface area (Å²) in [6.07, 6.45) is 0. The lowest BCUT2D eigenvalue weighted by molar-refractivity contribution is 0.0827. The largest absolute Gasteiger partial charge is 0.492 e. The standard InChI is InChI=1S/C20H23ClN4O2S/c1-15(19-22-23-20(27-19)18-3-2-14-28-18)25-10-8-24(9-11-25)12-13-26-17-6-4-16(21)5-7-17/h2-7,14-15H,8-13H2,1H3. The summed E-state index contributed by atoms with van der Waals surface area (Å²) >= 11 is 7.50. The molecule has 0 spiro atoms. The molecule has 3 aromatic rings. The lowest BCUT2D eigenvalue weighted by Crippen LogP contribution is -2.48. The van der Waals surface area contributed by atoms with E-state index in [4.69, 9.17) is 20.8 Å². The van der Waals surface area contributed by atoms with Crippen molar-refractivity contribution in [2.24, 2.45) is 0 Å². The van der Waals surface area contributed by atoms with E-state index in [1.807, 2.05) is 41.8 Å². The van der Waals surface area contributed by atoms with E-state index < -0.39 is 0 Å². The van der Waals surface area contributed by atoms with Crippen molar-refractivity contribution >= 4 is 22.9 Å². The first kappa shape index (κ1) is 19.4. The number of nitrogens with zero attached hydrogens (tertiary/aromatic N) is 4. The van der Waals surface area contributed by atoms with Gasteiger partial charge in [-0.25, -0.2) is 0 Å². The van der Waals surface area contributed by atoms with Gasteiger partial charge in [-0.15, -0.1) is 21.5 Å². The van der Waals surface area contributed by atoms with Crippen LogP contribution < -0.4 is 4.74 Å². The minimum Gasteiger partial charge on any atom is -0.492 e. The van der Waals surface area contributed by atoms with Crippen LogP contribution >= 0.6 is 22.9 Å². The van der Waals surface area contributed by atoms with Gasteiger partial charge in [-0.1, -0.05) is 17.7 Å². The maximum atomic E-state index is 5.90. The highest BCUT2D eigenvalue weighted by atomic mass is 35.5. The van der Waals surface area contributed by atoms with Crippen LogP contribution in [0.15, 0.2) is 46.2 Å². The van der Waals surface area contributed by atoms with Crippen molar-refractivity contribution in [3.63, 3.8) is 0 Å². The van der Waals surface area contributed by atoms with Crippen molar-refractivity contribution in [3.05, 3.63) is 52.7 Å². The molecule has 148 valence electrons. The Morgan fingerprint density at radius 1 is 1.14 bits per heavy atom. The first-order chi connectivity index (χ1) is 13.7. The van der Waals surface area contributed by atoms with Crippen LogP contribution in [0.2, 0.25) is 5.02 Å². The Morgan fingerprint density at radius 2 is 1.93 bits per heavy atom.